The van der Waals surface area contributed by atoms with Crippen molar-refractivity contribution in [1.82, 2.24) is 15.5 Å². The summed E-state index contributed by atoms with van der Waals surface area (Å²) in [6, 6.07) is 2.68. The zero-order valence-electron chi connectivity index (χ0n) is 11.6. The molecule has 0 bridgehead atoms. The van der Waals surface area contributed by atoms with Gasteiger partial charge in [-0.1, -0.05) is 12.0 Å². The summed E-state index contributed by atoms with van der Waals surface area (Å²) in [4.78, 5) is 1.29. The van der Waals surface area contributed by atoms with Crippen molar-refractivity contribution in [1.29, 1.82) is 0 Å². The predicted molar refractivity (Wildman–Crippen MR) is 77.4 cm³/mol. The molecule has 2 aromatic heterocycles. The predicted octanol–water partition coefficient (Wildman–Crippen LogP) is 3.11. The highest BCUT2D eigenvalue weighted by molar-refractivity contribution is 7.10. The summed E-state index contributed by atoms with van der Waals surface area (Å²) in [5, 5.41) is 16.6. The van der Waals surface area contributed by atoms with Gasteiger partial charge >= 0.3 is 6.01 Å². The molecule has 0 saturated heterocycles. The second-order valence-electron chi connectivity index (χ2n) is 4.50. The van der Waals surface area contributed by atoms with Crippen molar-refractivity contribution in [3.8, 4) is 0 Å². The van der Waals surface area contributed by atoms with Crippen LogP contribution in [0.1, 0.15) is 42.6 Å². The van der Waals surface area contributed by atoms with E-state index in [0.29, 0.717) is 11.9 Å². The molecule has 1 atom stereocenters. The van der Waals surface area contributed by atoms with E-state index in [-0.39, 0.29) is 6.04 Å². The first-order valence-electron chi connectivity index (χ1n) is 6.54. The lowest BCUT2D eigenvalue weighted by molar-refractivity contribution is 0.423. The van der Waals surface area contributed by atoms with Gasteiger partial charge in [0.15, 0.2) is 0 Å². The number of nitrogens with zero attached hydrogens (tertiary/aromatic N) is 2. The standard InChI is InChI=1S/C13H20N4OS/c1-4-6-14-10(3)12-16-17-13(18-12)15-8-11-9(2)5-7-19-11/h5,7,10,14H,4,6,8H2,1-3H3,(H,15,17). The molecule has 0 aromatic carbocycles. The second-order valence-corrected chi connectivity index (χ2v) is 5.50. The van der Waals surface area contributed by atoms with Crippen LogP contribution in [0.15, 0.2) is 15.9 Å². The summed E-state index contributed by atoms with van der Waals surface area (Å²) in [7, 11) is 0. The van der Waals surface area contributed by atoms with Crippen LogP contribution in [0, 0.1) is 6.92 Å². The number of hydrogen-bond acceptors (Lipinski definition) is 6. The fourth-order valence-electron chi connectivity index (χ4n) is 1.67. The molecule has 0 aliphatic rings. The summed E-state index contributed by atoms with van der Waals surface area (Å²) in [6.45, 7) is 7.92. The van der Waals surface area contributed by atoms with E-state index in [1.807, 2.05) is 6.92 Å². The summed E-state index contributed by atoms with van der Waals surface area (Å²) in [5.74, 6) is 0.624. The average Bonchev–Trinajstić information content (AvgIpc) is 3.02. The maximum absolute atomic E-state index is 5.59. The van der Waals surface area contributed by atoms with E-state index in [1.165, 1.54) is 10.4 Å². The lowest BCUT2D eigenvalue weighted by atomic mass is 10.3. The molecule has 2 heterocycles. The fraction of sp³-hybridized carbons (Fsp3) is 0.538. The van der Waals surface area contributed by atoms with Crippen LogP contribution in [0.4, 0.5) is 6.01 Å². The van der Waals surface area contributed by atoms with E-state index < -0.39 is 0 Å². The highest BCUT2D eigenvalue weighted by Gasteiger charge is 2.13. The number of aryl methyl sites for hydroxylation is 1. The van der Waals surface area contributed by atoms with Gasteiger partial charge in [-0.3, -0.25) is 0 Å². The monoisotopic (exact) mass is 280 g/mol. The molecule has 0 radical (unpaired) electrons. The van der Waals surface area contributed by atoms with Gasteiger partial charge in [0, 0.05) is 4.88 Å². The van der Waals surface area contributed by atoms with E-state index in [1.54, 1.807) is 11.3 Å². The Balaban J connectivity index is 1.88. The number of rotatable bonds is 7. The van der Waals surface area contributed by atoms with Gasteiger partial charge in [-0.05, 0) is 43.8 Å². The Labute approximate surface area is 117 Å². The molecule has 104 valence electrons. The second kappa shape index (κ2) is 6.68. The van der Waals surface area contributed by atoms with Gasteiger partial charge in [0.25, 0.3) is 0 Å². The lowest BCUT2D eigenvalue weighted by Crippen LogP contribution is -2.19. The van der Waals surface area contributed by atoms with Gasteiger partial charge in [0.1, 0.15) is 0 Å². The Morgan fingerprint density at radius 3 is 2.95 bits per heavy atom. The highest BCUT2D eigenvalue weighted by Crippen LogP contribution is 2.18. The number of nitrogens with one attached hydrogen (secondary N) is 2. The number of hydrogen-bond donors (Lipinski definition) is 2. The van der Waals surface area contributed by atoms with Crippen LogP contribution < -0.4 is 10.6 Å². The van der Waals surface area contributed by atoms with Crippen molar-refractivity contribution in [3.05, 3.63) is 27.8 Å². The third kappa shape index (κ3) is 3.78. The van der Waals surface area contributed by atoms with E-state index in [4.69, 9.17) is 4.42 Å². The van der Waals surface area contributed by atoms with Crippen molar-refractivity contribution < 1.29 is 4.42 Å². The minimum absolute atomic E-state index is 0.0893. The molecule has 5 nitrogen and oxygen atoms in total. The molecule has 0 spiro atoms. The first kappa shape index (κ1) is 14.0. The SMILES string of the molecule is CCCNC(C)c1nnc(NCc2sccc2C)o1. The van der Waals surface area contributed by atoms with Crippen LogP contribution in [-0.4, -0.2) is 16.7 Å². The molecule has 0 saturated carbocycles. The molecular weight excluding hydrogens is 260 g/mol. The number of aromatic nitrogens is 2. The van der Waals surface area contributed by atoms with Gasteiger partial charge in [-0.25, -0.2) is 0 Å². The first-order chi connectivity index (χ1) is 9.20. The quantitative estimate of drug-likeness (QED) is 0.816. The molecule has 6 heteroatoms. The molecule has 1 unspecified atom stereocenters. The van der Waals surface area contributed by atoms with E-state index in [9.17, 15) is 0 Å². The van der Waals surface area contributed by atoms with Crippen LogP contribution in [0.2, 0.25) is 0 Å². The van der Waals surface area contributed by atoms with Crippen LogP contribution in [0.3, 0.4) is 0 Å². The normalized spacial score (nSPS) is 12.6. The third-order valence-electron chi connectivity index (χ3n) is 2.88. The summed E-state index contributed by atoms with van der Waals surface area (Å²) in [5.41, 5.74) is 1.29. The van der Waals surface area contributed by atoms with Crippen molar-refractivity contribution in [2.45, 2.75) is 39.8 Å². The van der Waals surface area contributed by atoms with Crippen LogP contribution >= 0.6 is 11.3 Å². The zero-order valence-corrected chi connectivity index (χ0v) is 12.4. The maximum atomic E-state index is 5.59. The van der Waals surface area contributed by atoms with E-state index in [0.717, 1.165) is 19.5 Å². The molecule has 0 aliphatic carbocycles. The number of thiophene rings is 1. The van der Waals surface area contributed by atoms with Crippen LogP contribution in [0.25, 0.3) is 0 Å². The third-order valence-corrected chi connectivity index (χ3v) is 3.90. The Kier molecular flexibility index (Phi) is 4.93. The van der Waals surface area contributed by atoms with Crippen LogP contribution in [0.5, 0.6) is 0 Å². The highest BCUT2D eigenvalue weighted by atomic mass is 32.1. The molecular formula is C13H20N4OS. The molecule has 0 amide bonds. The van der Waals surface area contributed by atoms with E-state index in [2.05, 4.69) is 46.1 Å². The maximum Gasteiger partial charge on any atom is 0.315 e. The van der Waals surface area contributed by atoms with Gasteiger partial charge < -0.3 is 15.1 Å². The molecule has 19 heavy (non-hydrogen) atoms. The van der Waals surface area contributed by atoms with Crippen molar-refractivity contribution in [3.63, 3.8) is 0 Å². The first-order valence-corrected chi connectivity index (χ1v) is 7.42. The summed E-state index contributed by atoms with van der Waals surface area (Å²) in [6.07, 6.45) is 1.08. The van der Waals surface area contributed by atoms with Gasteiger partial charge in [-0.2, -0.15) is 0 Å². The average molecular weight is 280 g/mol. The minimum atomic E-state index is 0.0893. The molecule has 0 fully saturated rings. The van der Waals surface area contributed by atoms with Gasteiger partial charge in [-0.15, -0.1) is 16.4 Å². The fourth-order valence-corrected chi connectivity index (χ4v) is 2.52. The lowest BCUT2D eigenvalue weighted by Gasteiger charge is -2.07. The largest absolute Gasteiger partial charge is 0.406 e. The van der Waals surface area contributed by atoms with Crippen molar-refractivity contribution >= 4 is 17.4 Å². The van der Waals surface area contributed by atoms with Crippen LogP contribution in [-0.2, 0) is 6.54 Å². The number of anilines is 1. The zero-order chi connectivity index (χ0) is 13.7. The Morgan fingerprint density at radius 2 is 2.26 bits per heavy atom. The molecule has 0 aliphatic heterocycles. The van der Waals surface area contributed by atoms with Gasteiger partial charge in [0.2, 0.25) is 5.89 Å². The van der Waals surface area contributed by atoms with Crippen molar-refractivity contribution in [2.75, 3.05) is 11.9 Å². The smallest absolute Gasteiger partial charge is 0.315 e. The molecule has 2 rings (SSSR count). The Hall–Kier alpha value is -1.40. The van der Waals surface area contributed by atoms with E-state index >= 15 is 0 Å². The molecule has 2 aromatic rings. The Morgan fingerprint density at radius 1 is 1.42 bits per heavy atom. The molecule has 2 N–H and O–H groups in total. The minimum Gasteiger partial charge on any atom is -0.406 e. The topological polar surface area (TPSA) is 63.0 Å². The van der Waals surface area contributed by atoms with Gasteiger partial charge in [0.05, 0.1) is 12.6 Å². The summed E-state index contributed by atoms with van der Waals surface area (Å²) >= 11 is 1.73. The Bertz CT molecular complexity index is 508. The summed E-state index contributed by atoms with van der Waals surface area (Å²) < 4.78 is 5.59. The van der Waals surface area contributed by atoms with Crippen molar-refractivity contribution in [2.24, 2.45) is 0 Å².